The van der Waals surface area contributed by atoms with Crippen LogP contribution in [0.1, 0.15) is 30.4 Å². The zero-order chi connectivity index (χ0) is 11.8. The maximum atomic E-state index is 5.97. The van der Waals surface area contributed by atoms with Crippen LogP contribution in [0.3, 0.4) is 0 Å². The number of aryl methyl sites for hydroxylation is 1. The summed E-state index contributed by atoms with van der Waals surface area (Å²) in [5.74, 6) is 0.717. The molecule has 1 aliphatic carbocycles. The third-order valence-electron chi connectivity index (χ3n) is 3.88. The summed E-state index contributed by atoms with van der Waals surface area (Å²) in [5.41, 5.74) is 3.73. The Hall–Kier alpha value is -0.860. The van der Waals surface area contributed by atoms with Crippen LogP contribution >= 0.6 is 11.6 Å². The van der Waals surface area contributed by atoms with E-state index in [1.165, 1.54) is 30.5 Å². The summed E-state index contributed by atoms with van der Waals surface area (Å²) in [5, 5.41) is 4.22. The molecule has 1 N–H and O–H groups in total. The van der Waals surface area contributed by atoms with E-state index in [0.717, 1.165) is 17.9 Å². The van der Waals surface area contributed by atoms with Gasteiger partial charge in [0.25, 0.3) is 0 Å². The van der Waals surface area contributed by atoms with Gasteiger partial charge in [0.05, 0.1) is 0 Å². The predicted octanol–water partition coefficient (Wildman–Crippen LogP) is 3.20. The second-order valence-corrected chi connectivity index (χ2v) is 5.45. The van der Waals surface area contributed by atoms with Gasteiger partial charge in [0.1, 0.15) is 5.15 Å². The molecule has 90 valence electrons. The Labute approximate surface area is 107 Å². The van der Waals surface area contributed by atoms with Crippen LogP contribution in [0.5, 0.6) is 0 Å². The minimum Gasteiger partial charge on any atom is -0.313 e. The van der Waals surface area contributed by atoms with Gasteiger partial charge in [-0.1, -0.05) is 17.7 Å². The summed E-state index contributed by atoms with van der Waals surface area (Å²) in [6.45, 7) is 3.18. The first-order valence-electron chi connectivity index (χ1n) is 6.30. The number of rotatable bonds is 1. The van der Waals surface area contributed by atoms with Gasteiger partial charge in [-0.25, -0.2) is 4.98 Å². The first kappa shape index (κ1) is 11.2. The van der Waals surface area contributed by atoms with Gasteiger partial charge >= 0.3 is 0 Å². The standard InChI is InChI=1S/C14H17ClN2/c1-9-5-12(8-17-14(9)15)11-6-10-3-2-4-16-13(10)7-11/h5-6,8,10,13,16H,2-4,7H2,1H3/t10-,13+/m0/s1. The van der Waals surface area contributed by atoms with E-state index in [9.17, 15) is 0 Å². The van der Waals surface area contributed by atoms with Crippen molar-refractivity contribution < 1.29 is 0 Å². The maximum absolute atomic E-state index is 5.97. The number of fused-ring (bicyclic) bond motifs is 1. The van der Waals surface area contributed by atoms with Crippen LogP contribution in [0, 0.1) is 12.8 Å². The number of nitrogens with one attached hydrogen (secondary N) is 1. The molecule has 1 aromatic rings. The van der Waals surface area contributed by atoms with Crippen LogP contribution < -0.4 is 5.32 Å². The van der Waals surface area contributed by atoms with Crippen molar-refractivity contribution in [2.45, 2.75) is 32.2 Å². The van der Waals surface area contributed by atoms with Crippen molar-refractivity contribution in [2.24, 2.45) is 5.92 Å². The Balaban J connectivity index is 1.87. The van der Waals surface area contributed by atoms with Gasteiger partial charge in [-0.3, -0.25) is 0 Å². The molecule has 0 bridgehead atoms. The number of hydrogen-bond acceptors (Lipinski definition) is 2. The van der Waals surface area contributed by atoms with Gasteiger partial charge in [-0.05, 0) is 61.4 Å². The maximum Gasteiger partial charge on any atom is 0.131 e. The quantitative estimate of drug-likeness (QED) is 0.772. The fourth-order valence-electron chi connectivity index (χ4n) is 2.91. The van der Waals surface area contributed by atoms with E-state index in [1.54, 1.807) is 0 Å². The SMILES string of the molecule is Cc1cc(C2=C[C@@H]3CCCN[C@@H]3C2)cnc1Cl. The predicted molar refractivity (Wildman–Crippen MR) is 71.1 cm³/mol. The largest absolute Gasteiger partial charge is 0.313 e. The Morgan fingerprint density at radius 1 is 1.47 bits per heavy atom. The lowest BCUT2D eigenvalue weighted by atomic mass is 9.94. The molecular weight excluding hydrogens is 232 g/mol. The van der Waals surface area contributed by atoms with E-state index in [1.807, 2.05) is 13.1 Å². The molecule has 1 aromatic heterocycles. The molecule has 17 heavy (non-hydrogen) atoms. The van der Waals surface area contributed by atoms with E-state index in [0.29, 0.717) is 11.2 Å². The molecule has 1 aliphatic heterocycles. The first-order valence-corrected chi connectivity index (χ1v) is 6.68. The fraction of sp³-hybridized carbons (Fsp3) is 0.500. The normalized spacial score (nSPS) is 27.8. The summed E-state index contributed by atoms with van der Waals surface area (Å²) >= 11 is 5.97. The lowest BCUT2D eigenvalue weighted by Gasteiger charge is -2.25. The molecule has 0 amide bonds. The third-order valence-corrected chi connectivity index (χ3v) is 4.27. The van der Waals surface area contributed by atoms with Gasteiger partial charge in [-0.15, -0.1) is 0 Å². The molecule has 1 fully saturated rings. The smallest absolute Gasteiger partial charge is 0.131 e. The monoisotopic (exact) mass is 248 g/mol. The summed E-state index contributed by atoms with van der Waals surface area (Å²) < 4.78 is 0. The molecular formula is C14H17ClN2. The Morgan fingerprint density at radius 2 is 2.35 bits per heavy atom. The highest BCUT2D eigenvalue weighted by atomic mass is 35.5. The molecule has 3 heteroatoms. The van der Waals surface area contributed by atoms with Crippen LogP contribution in [-0.2, 0) is 0 Å². The molecule has 2 atom stereocenters. The summed E-state index contributed by atoms with van der Waals surface area (Å²) in [6, 6.07) is 2.80. The van der Waals surface area contributed by atoms with Crippen molar-refractivity contribution in [3.8, 4) is 0 Å². The van der Waals surface area contributed by atoms with Gasteiger partial charge in [0.15, 0.2) is 0 Å². The number of hydrogen-bond donors (Lipinski definition) is 1. The fourth-order valence-corrected chi connectivity index (χ4v) is 3.02. The highest BCUT2D eigenvalue weighted by molar-refractivity contribution is 6.30. The lowest BCUT2D eigenvalue weighted by Crippen LogP contribution is -2.37. The van der Waals surface area contributed by atoms with E-state index in [4.69, 9.17) is 11.6 Å². The number of aromatic nitrogens is 1. The molecule has 0 radical (unpaired) electrons. The molecule has 0 spiro atoms. The molecule has 1 saturated heterocycles. The van der Waals surface area contributed by atoms with Crippen molar-refractivity contribution in [2.75, 3.05) is 6.54 Å². The van der Waals surface area contributed by atoms with E-state index >= 15 is 0 Å². The molecule has 0 unspecified atom stereocenters. The summed E-state index contributed by atoms with van der Waals surface area (Å²) in [7, 11) is 0. The van der Waals surface area contributed by atoms with E-state index in [-0.39, 0.29) is 0 Å². The number of halogens is 1. The third kappa shape index (κ3) is 2.12. The van der Waals surface area contributed by atoms with Crippen LogP contribution in [0.4, 0.5) is 0 Å². The molecule has 2 nitrogen and oxygen atoms in total. The first-order chi connectivity index (χ1) is 8.24. The summed E-state index contributed by atoms with van der Waals surface area (Å²) in [6.07, 6.45) is 8.08. The van der Waals surface area contributed by atoms with Gasteiger partial charge in [-0.2, -0.15) is 0 Å². The molecule has 2 heterocycles. The van der Waals surface area contributed by atoms with Gasteiger partial charge < -0.3 is 5.32 Å². The van der Waals surface area contributed by atoms with Crippen LogP contribution in [0.15, 0.2) is 18.3 Å². The highest BCUT2D eigenvalue weighted by Crippen LogP contribution is 2.36. The van der Waals surface area contributed by atoms with Crippen molar-refractivity contribution in [3.05, 3.63) is 34.6 Å². The Kier molecular flexibility index (Phi) is 2.93. The van der Waals surface area contributed by atoms with E-state index < -0.39 is 0 Å². The average molecular weight is 249 g/mol. The summed E-state index contributed by atoms with van der Waals surface area (Å²) in [4.78, 5) is 4.24. The zero-order valence-electron chi connectivity index (χ0n) is 10.0. The minimum absolute atomic E-state index is 0.614. The number of piperidine rings is 1. The van der Waals surface area contributed by atoms with Crippen molar-refractivity contribution in [1.29, 1.82) is 0 Å². The molecule has 0 aromatic carbocycles. The van der Waals surface area contributed by atoms with Crippen molar-refractivity contribution >= 4 is 17.2 Å². The number of pyridine rings is 1. The molecule has 2 aliphatic rings. The lowest BCUT2D eigenvalue weighted by molar-refractivity contribution is 0.348. The highest BCUT2D eigenvalue weighted by Gasteiger charge is 2.29. The van der Waals surface area contributed by atoms with Gasteiger partial charge in [0, 0.05) is 12.2 Å². The van der Waals surface area contributed by atoms with Crippen molar-refractivity contribution in [1.82, 2.24) is 10.3 Å². The average Bonchev–Trinajstić information content (AvgIpc) is 2.76. The Bertz CT molecular complexity index is 467. The second kappa shape index (κ2) is 4.43. The van der Waals surface area contributed by atoms with Gasteiger partial charge in [0.2, 0.25) is 0 Å². The van der Waals surface area contributed by atoms with Crippen molar-refractivity contribution in [3.63, 3.8) is 0 Å². The second-order valence-electron chi connectivity index (χ2n) is 5.09. The minimum atomic E-state index is 0.614. The van der Waals surface area contributed by atoms with Crippen LogP contribution in [0.2, 0.25) is 5.15 Å². The zero-order valence-corrected chi connectivity index (χ0v) is 10.8. The van der Waals surface area contributed by atoms with Crippen LogP contribution in [-0.4, -0.2) is 17.6 Å². The topological polar surface area (TPSA) is 24.9 Å². The molecule has 0 saturated carbocycles. The van der Waals surface area contributed by atoms with Crippen LogP contribution in [0.25, 0.3) is 5.57 Å². The number of nitrogens with zero attached hydrogens (tertiary/aromatic N) is 1. The molecule has 3 rings (SSSR count). The Morgan fingerprint density at radius 3 is 3.12 bits per heavy atom. The van der Waals surface area contributed by atoms with E-state index in [2.05, 4.69) is 22.4 Å².